The van der Waals surface area contributed by atoms with Crippen LogP contribution in [0.2, 0.25) is 0 Å². The van der Waals surface area contributed by atoms with Crippen molar-refractivity contribution in [2.45, 2.75) is 0 Å². The van der Waals surface area contributed by atoms with E-state index in [0.717, 1.165) is 0 Å². The molecule has 2 aromatic rings. The van der Waals surface area contributed by atoms with Gasteiger partial charge in [0.25, 0.3) is 0 Å². The van der Waals surface area contributed by atoms with Crippen LogP contribution in [-0.2, 0) is 4.74 Å². The summed E-state index contributed by atoms with van der Waals surface area (Å²) >= 11 is 0. The first-order chi connectivity index (χ1) is 10.1. The maximum Gasteiger partial charge on any atom is 0.338 e. The van der Waals surface area contributed by atoms with Gasteiger partial charge in [-0.25, -0.2) is 4.79 Å². The third kappa shape index (κ3) is 3.36. The first-order valence-electron chi connectivity index (χ1n) is 6.31. The van der Waals surface area contributed by atoms with E-state index in [2.05, 4.69) is 4.74 Å². The fourth-order valence-corrected chi connectivity index (χ4v) is 1.88. The lowest BCUT2D eigenvalue weighted by Crippen LogP contribution is -2.03. The zero-order chi connectivity index (χ0) is 15.2. The topological polar surface area (TPSA) is 63.6 Å². The molecule has 0 aliphatic rings. The fourth-order valence-electron chi connectivity index (χ4n) is 1.88. The molecule has 0 aliphatic heterocycles. The van der Waals surface area contributed by atoms with E-state index < -0.39 is 5.97 Å². The molecule has 0 aromatic heterocycles. The average Bonchev–Trinajstić information content (AvgIpc) is 2.52. The largest absolute Gasteiger partial charge is 0.507 e. The van der Waals surface area contributed by atoms with E-state index in [9.17, 15) is 14.7 Å². The zero-order valence-corrected chi connectivity index (χ0v) is 11.4. The second-order valence-electron chi connectivity index (χ2n) is 4.29. The summed E-state index contributed by atoms with van der Waals surface area (Å²) < 4.78 is 4.69. The third-order valence-electron chi connectivity index (χ3n) is 2.95. The summed E-state index contributed by atoms with van der Waals surface area (Å²) in [6.45, 7) is 0. The van der Waals surface area contributed by atoms with Gasteiger partial charge >= 0.3 is 5.97 Å². The number of methoxy groups -OCH3 is 1. The predicted octanol–water partition coefficient (Wildman–Crippen LogP) is 3.07. The van der Waals surface area contributed by atoms with Gasteiger partial charge in [0.15, 0.2) is 5.78 Å². The molecule has 106 valence electrons. The van der Waals surface area contributed by atoms with Gasteiger partial charge in [-0.1, -0.05) is 36.4 Å². The minimum Gasteiger partial charge on any atom is -0.507 e. The van der Waals surface area contributed by atoms with Crippen molar-refractivity contribution < 1.29 is 19.4 Å². The van der Waals surface area contributed by atoms with Gasteiger partial charge in [0.1, 0.15) is 5.75 Å². The number of hydrogen-bond donors (Lipinski definition) is 1. The third-order valence-corrected chi connectivity index (χ3v) is 2.95. The Kier molecular flexibility index (Phi) is 4.51. The average molecular weight is 282 g/mol. The summed E-state index contributed by atoms with van der Waals surface area (Å²) in [4.78, 5) is 23.6. The van der Waals surface area contributed by atoms with Gasteiger partial charge in [0.2, 0.25) is 0 Å². The van der Waals surface area contributed by atoms with Crippen molar-refractivity contribution in [3.05, 3.63) is 71.3 Å². The van der Waals surface area contributed by atoms with Crippen LogP contribution in [0.15, 0.2) is 54.6 Å². The molecule has 21 heavy (non-hydrogen) atoms. The van der Waals surface area contributed by atoms with Gasteiger partial charge in [-0.05, 0) is 29.8 Å². The lowest BCUT2D eigenvalue weighted by molar-refractivity contribution is 0.0600. The fraction of sp³-hybridized carbons (Fsp3) is 0.0588. The van der Waals surface area contributed by atoms with Crippen LogP contribution in [0.25, 0.3) is 6.08 Å². The van der Waals surface area contributed by atoms with E-state index in [1.807, 2.05) is 0 Å². The van der Waals surface area contributed by atoms with Crippen LogP contribution in [0, 0.1) is 0 Å². The minimum atomic E-state index is -0.467. The number of rotatable bonds is 4. The van der Waals surface area contributed by atoms with Crippen molar-refractivity contribution in [3.8, 4) is 5.75 Å². The molecule has 4 nitrogen and oxygen atoms in total. The monoisotopic (exact) mass is 282 g/mol. The molecule has 0 saturated heterocycles. The number of phenolic OH excluding ortho intramolecular Hbond substituents is 1. The van der Waals surface area contributed by atoms with Crippen LogP contribution in [0.1, 0.15) is 26.3 Å². The summed E-state index contributed by atoms with van der Waals surface area (Å²) in [5, 5.41) is 9.63. The second kappa shape index (κ2) is 6.52. The van der Waals surface area contributed by atoms with Crippen molar-refractivity contribution in [2.75, 3.05) is 7.11 Å². The van der Waals surface area contributed by atoms with Crippen LogP contribution in [0.5, 0.6) is 5.75 Å². The predicted molar refractivity (Wildman–Crippen MR) is 79.3 cm³/mol. The standard InChI is InChI=1S/C17H14O4/c1-21-17(20)13-7-3-2-6-12(13)10-11-16(19)14-8-4-5-9-15(14)18/h2-11,18H,1H3/b11-10+. The number of carbonyl (C=O) groups is 2. The highest BCUT2D eigenvalue weighted by molar-refractivity contribution is 6.09. The number of benzene rings is 2. The van der Waals surface area contributed by atoms with E-state index in [1.165, 1.54) is 31.4 Å². The lowest BCUT2D eigenvalue weighted by Gasteiger charge is -2.03. The minimum absolute atomic E-state index is 0.0756. The number of aromatic hydroxyl groups is 1. The Bertz CT molecular complexity index is 701. The van der Waals surface area contributed by atoms with E-state index in [0.29, 0.717) is 11.1 Å². The van der Waals surface area contributed by atoms with E-state index in [4.69, 9.17) is 0 Å². The number of allylic oxidation sites excluding steroid dienone is 1. The van der Waals surface area contributed by atoms with E-state index >= 15 is 0 Å². The van der Waals surface area contributed by atoms with Crippen molar-refractivity contribution >= 4 is 17.8 Å². The smallest absolute Gasteiger partial charge is 0.338 e. The molecule has 2 rings (SSSR count). The normalized spacial score (nSPS) is 10.5. The number of hydrogen-bond acceptors (Lipinski definition) is 4. The number of carbonyl (C=O) groups excluding carboxylic acids is 2. The molecule has 0 spiro atoms. The summed E-state index contributed by atoms with van der Waals surface area (Å²) in [6, 6.07) is 13.1. The molecule has 0 heterocycles. The molecule has 2 aromatic carbocycles. The van der Waals surface area contributed by atoms with E-state index in [1.54, 1.807) is 36.4 Å². The molecule has 0 radical (unpaired) electrons. The van der Waals surface area contributed by atoms with E-state index in [-0.39, 0.29) is 17.1 Å². The van der Waals surface area contributed by atoms with Crippen LogP contribution in [0.3, 0.4) is 0 Å². The maximum absolute atomic E-state index is 12.0. The molecule has 0 amide bonds. The molecule has 0 aliphatic carbocycles. The van der Waals surface area contributed by atoms with Crippen LogP contribution >= 0.6 is 0 Å². The molecule has 0 fully saturated rings. The van der Waals surface area contributed by atoms with Crippen molar-refractivity contribution in [1.82, 2.24) is 0 Å². The van der Waals surface area contributed by atoms with Crippen LogP contribution in [0.4, 0.5) is 0 Å². The van der Waals surface area contributed by atoms with Gasteiger partial charge in [-0.2, -0.15) is 0 Å². The zero-order valence-electron chi connectivity index (χ0n) is 11.4. The Hall–Kier alpha value is -2.88. The van der Waals surface area contributed by atoms with Gasteiger partial charge in [0, 0.05) is 0 Å². The number of para-hydroxylation sites is 1. The summed E-state index contributed by atoms with van der Waals surface area (Å²) in [5.41, 5.74) is 1.17. The Morgan fingerprint density at radius 2 is 1.62 bits per heavy atom. The highest BCUT2D eigenvalue weighted by atomic mass is 16.5. The summed E-state index contributed by atoms with van der Waals surface area (Å²) in [6.07, 6.45) is 2.85. The molecule has 0 unspecified atom stereocenters. The molecule has 0 saturated carbocycles. The first-order valence-corrected chi connectivity index (χ1v) is 6.31. The second-order valence-corrected chi connectivity index (χ2v) is 4.29. The van der Waals surface area contributed by atoms with Crippen molar-refractivity contribution in [1.29, 1.82) is 0 Å². The summed E-state index contributed by atoms with van der Waals surface area (Å²) in [5.74, 6) is -0.883. The van der Waals surface area contributed by atoms with Crippen molar-refractivity contribution in [2.24, 2.45) is 0 Å². The highest BCUT2D eigenvalue weighted by Crippen LogP contribution is 2.18. The number of esters is 1. The molecular formula is C17H14O4. The number of phenols is 1. The van der Waals surface area contributed by atoms with Gasteiger partial charge in [0.05, 0.1) is 18.2 Å². The van der Waals surface area contributed by atoms with Crippen LogP contribution in [-0.4, -0.2) is 24.0 Å². The lowest BCUT2D eigenvalue weighted by atomic mass is 10.0. The number of ketones is 1. The van der Waals surface area contributed by atoms with Crippen LogP contribution < -0.4 is 0 Å². The Morgan fingerprint density at radius 1 is 1.00 bits per heavy atom. The Morgan fingerprint density at radius 3 is 2.29 bits per heavy atom. The van der Waals surface area contributed by atoms with Gasteiger partial charge in [-0.15, -0.1) is 0 Å². The Labute approximate surface area is 122 Å². The van der Waals surface area contributed by atoms with Gasteiger partial charge in [-0.3, -0.25) is 4.79 Å². The van der Waals surface area contributed by atoms with Gasteiger partial charge < -0.3 is 9.84 Å². The maximum atomic E-state index is 12.0. The molecule has 0 atom stereocenters. The number of ether oxygens (including phenoxy) is 1. The molecular weight excluding hydrogens is 268 g/mol. The SMILES string of the molecule is COC(=O)c1ccccc1/C=C/C(=O)c1ccccc1O. The molecule has 1 N–H and O–H groups in total. The molecule has 0 bridgehead atoms. The highest BCUT2D eigenvalue weighted by Gasteiger charge is 2.10. The summed E-state index contributed by atoms with van der Waals surface area (Å²) in [7, 11) is 1.30. The first kappa shape index (κ1) is 14.5. The molecule has 4 heteroatoms. The quantitative estimate of drug-likeness (QED) is 0.532. The Balaban J connectivity index is 2.28. The van der Waals surface area contributed by atoms with Crippen molar-refractivity contribution in [3.63, 3.8) is 0 Å².